The molecule has 0 bridgehead atoms. The molecule has 0 atom stereocenters. The Morgan fingerprint density at radius 1 is 0.833 bits per heavy atom. The van der Waals surface area contributed by atoms with Gasteiger partial charge in [0.1, 0.15) is 0 Å². The van der Waals surface area contributed by atoms with Crippen LogP contribution in [0.3, 0.4) is 0 Å². The van der Waals surface area contributed by atoms with Crippen molar-refractivity contribution in [1.82, 2.24) is 10.6 Å². The molecule has 126 valence electrons. The molecule has 0 aliphatic heterocycles. The number of hydrogen-bond donors (Lipinski definition) is 4. The second-order valence-corrected chi connectivity index (χ2v) is 5.43. The van der Waals surface area contributed by atoms with Gasteiger partial charge in [0.25, 0.3) is 0 Å². The number of carbonyl (C=O) groups is 2. The van der Waals surface area contributed by atoms with Crippen LogP contribution in [0.1, 0.15) is 23.6 Å². The number of nitrogens with two attached hydrogens (primary N) is 1. The summed E-state index contributed by atoms with van der Waals surface area (Å²) in [6, 6.07) is 14.8. The Hall–Kier alpha value is -2.86. The fraction of sp³-hybridized carbons (Fsp3) is 0.222. The van der Waals surface area contributed by atoms with E-state index in [9.17, 15) is 9.59 Å². The quantitative estimate of drug-likeness (QED) is 0.654. The molecular formula is C18H22N4O2. The van der Waals surface area contributed by atoms with E-state index in [2.05, 4.69) is 16.0 Å². The molecule has 0 fully saturated rings. The second-order valence-electron chi connectivity index (χ2n) is 5.43. The molecule has 0 radical (unpaired) electrons. The Bertz CT molecular complexity index is 681. The van der Waals surface area contributed by atoms with E-state index in [1.165, 1.54) is 6.92 Å². The van der Waals surface area contributed by atoms with Crippen molar-refractivity contribution in [1.29, 1.82) is 0 Å². The number of carbonyl (C=O) groups excluding carboxylic acids is 2. The average Bonchev–Trinajstić information content (AvgIpc) is 2.60. The fourth-order valence-corrected chi connectivity index (χ4v) is 2.08. The maximum atomic E-state index is 11.9. The van der Waals surface area contributed by atoms with Crippen LogP contribution in [0.5, 0.6) is 0 Å². The Labute approximate surface area is 141 Å². The van der Waals surface area contributed by atoms with Crippen LogP contribution in [0, 0.1) is 0 Å². The zero-order valence-corrected chi connectivity index (χ0v) is 13.6. The number of rotatable bonds is 6. The predicted octanol–water partition coefficient (Wildman–Crippen LogP) is 2.10. The van der Waals surface area contributed by atoms with Crippen LogP contribution in [0.4, 0.5) is 10.5 Å². The smallest absolute Gasteiger partial charge is 0.319 e. The van der Waals surface area contributed by atoms with Crippen molar-refractivity contribution < 1.29 is 9.59 Å². The van der Waals surface area contributed by atoms with Gasteiger partial charge in [0.2, 0.25) is 5.91 Å². The third-order valence-corrected chi connectivity index (χ3v) is 3.47. The van der Waals surface area contributed by atoms with Gasteiger partial charge in [0.05, 0.1) is 0 Å². The van der Waals surface area contributed by atoms with Crippen LogP contribution in [-0.4, -0.2) is 11.9 Å². The lowest BCUT2D eigenvalue weighted by atomic mass is 10.1. The van der Waals surface area contributed by atoms with Crippen LogP contribution in [0.15, 0.2) is 48.5 Å². The molecular weight excluding hydrogens is 304 g/mol. The molecule has 2 rings (SSSR count). The lowest BCUT2D eigenvalue weighted by Crippen LogP contribution is -2.28. The highest BCUT2D eigenvalue weighted by molar-refractivity contribution is 5.89. The SMILES string of the molecule is CC(=O)NCc1ccc(NC(=O)NCc2ccc(CN)cc2)cc1. The zero-order chi connectivity index (χ0) is 17.4. The van der Waals surface area contributed by atoms with Crippen molar-refractivity contribution in [2.45, 2.75) is 26.6 Å². The standard InChI is InChI=1S/C18H22N4O2/c1-13(23)20-11-16-6-8-17(9-7-16)22-18(24)21-12-15-4-2-14(10-19)3-5-15/h2-9H,10-12,19H2,1H3,(H,20,23)(H2,21,22,24). The molecule has 6 nitrogen and oxygen atoms in total. The fourth-order valence-electron chi connectivity index (χ4n) is 2.08. The summed E-state index contributed by atoms with van der Waals surface area (Å²) in [6.45, 7) is 2.90. The summed E-state index contributed by atoms with van der Waals surface area (Å²) in [5, 5.41) is 8.29. The van der Waals surface area contributed by atoms with Gasteiger partial charge in [0.15, 0.2) is 0 Å². The predicted molar refractivity (Wildman–Crippen MR) is 94.2 cm³/mol. The summed E-state index contributed by atoms with van der Waals surface area (Å²) in [4.78, 5) is 22.8. The van der Waals surface area contributed by atoms with Crippen LogP contribution in [-0.2, 0) is 24.4 Å². The average molecular weight is 326 g/mol. The van der Waals surface area contributed by atoms with Crippen molar-refractivity contribution >= 4 is 17.6 Å². The van der Waals surface area contributed by atoms with Crippen molar-refractivity contribution in [3.63, 3.8) is 0 Å². The molecule has 6 heteroatoms. The first-order valence-electron chi connectivity index (χ1n) is 7.73. The summed E-state index contributed by atoms with van der Waals surface area (Å²) in [7, 11) is 0. The van der Waals surface area contributed by atoms with Gasteiger partial charge in [-0.3, -0.25) is 4.79 Å². The normalized spacial score (nSPS) is 10.1. The zero-order valence-electron chi connectivity index (χ0n) is 13.6. The molecule has 0 aromatic heterocycles. The van der Waals surface area contributed by atoms with Gasteiger partial charge in [-0.15, -0.1) is 0 Å². The van der Waals surface area contributed by atoms with E-state index in [4.69, 9.17) is 5.73 Å². The summed E-state index contributed by atoms with van der Waals surface area (Å²) >= 11 is 0. The lowest BCUT2D eigenvalue weighted by Gasteiger charge is -2.09. The Balaban J connectivity index is 1.79. The molecule has 0 saturated carbocycles. The van der Waals surface area contributed by atoms with Gasteiger partial charge < -0.3 is 21.7 Å². The molecule has 0 unspecified atom stereocenters. The molecule has 5 N–H and O–H groups in total. The van der Waals surface area contributed by atoms with E-state index in [0.717, 1.165) is 16.7 Å². The van der Waals surface area contributed by atoms with Crippen LogP contribution < -0.4 is 21.7 Å². The van der Waals surface area contributed by atoms with Crippen molar-refractivity contribution in [3.8, 4) is 0 Å². The first-order chi connectivity index (χ1) is 11.6. The van der Waals surface area contributed by atoms with Crippen molar-refractivity contribution in [3.05, 3.63) is 65.2 Å². The molecule has 0 saturated heterocycles. The third kappa shape index (κ3) is 5.73. The number of urea groups is 1. The lowest BCUT2D eigenvalue weighted by molar-refractivity contribution is -0.119. The molecule has 0 aliphatic rings. The molecule has 0 heterocycles. The van der Waals surface area contributed by atoms with E-state index in [1.54, 1.807) is 12.1 Å². The minimum atomic E-state index is -0.271. The highest BCUT2D eigenvalue weighted by atomic mass is 16.2. The molecule has 2 aromatic rings. The summed E-state index contributed by atoms with van der Waals surface area (Å²) in [5.41, 5.74) is 9.28. The summed E-state index contributed by atoms with van der Waals surface area (Å²) in [6.07, 6.45) is 0. The molecule has 3 amide bonds. The number of amides is 3. The number of anilines is 1. The van der Waals surface area contributed by atoms with Gasteiger partial charge in [-0.25, -0.2) is 4.79 Å². The molecule has 2 aromatic carbocycles. The highest BCUT2D eigenvalue weighted by Gasteiger charge is 2.02. The minimum Gasteiger partial charge on any atom is -0.352 e. The highest BCUT2D eigenvalue weighted by Crippen LogP contribution is 2.09. The van der Waals surface area contributed by atoms with Gasteiger partial charge >= 0.3 is 6.03 Å². The van der Waals surface area contributed by atoms with Gasteiger partial charge in [-0.05, 0) is 28.8 Å². The van der Waals surface area contributed by atoms with E-state index in [0.29, 0.717) is 25.3 Å². The second kappa shape index (κ2) is 8.69. The van der Waals surface area contributed by atoms with Crippen molar-refractivity contribution in [2.75, 3.05) is 5.32 Å². The molecule has 24 heavy (non-hydrogen) atoms. The van der Waals surface area contributed by atoms with Crippen LogP contribution in [0.25, 0.3) is 0 Å². The van der Waals surface area contributed by atoms with Crippen molar-refractivity contribution in [2.24, 2.45) is 5.73 Å². The Kier molecular flexibility index (Phi) is 6.33. The molecule has 0 aliphatic carbocycles. The topological polar surface area (TPSA) is 96.2 Å². The monoisotopic (exact) mass is 326 g/mol. The minimum absolute atomic E-state index is 0.0731. The maximum absolute atomic E-state index is 11.9. The van der Waals surface area contributed by atoms with Crippen LogP contribution >= 0.6 is 0 Å². The van der Waals surface area contributed by atoms with E-state index in [1.807, 2.05) is 36.4 Å². The first kappa shape index (κ1) is 17.5. The number of hydrogen-bond acceptors (Lipinski definition) is 3. The summed E-state index contributed by atoms with van der Waals surface area (Å²) < 4.78 is 0. The van der Waals surface area contributed by atoms with Gasteiger partial charge in [-0.1, -0.05) is 36.4 Å². The van der Waals surface area contributed by atoms with E-state index in [-0.39, 0.29) is 11.9 Å². The number of nitrogens with one attached hydrogen (secondary N) is 3. The van der Waals surface area contributed by atoms with Crippen LogP contribution in [0.2, 0.25) is 0 Å². The largest absolute Gasteiger partial charge is 0.352 e. The maximum Gasteiger partial charge on any atom is 0.319 e. The third-order valence-electron chi connectivity index (χ3n) is 3.47. The van der Waals surface area contributed by atoms with E-state index >= 15 is 0 Å². The van der Waals surface area contributed by atoms with E-state index < -0.39 is 0 Å². The summed E-state index contributed by atoms with van der Waals surface area (Å²) in [5.74, 6) is -0.0731. The van der Waals surface area contributed by atoms with Gasteiger partial charge in [-0.2, -0.15) is 0 Å². The Morgan fingerprint density at radius 2 is 1.33 bits per heavy atom. The van der Waals surface area contributed by atoms with Gasteiger partial charge in [0, 0.05) is 32.2 Å². The Morgan fingerprint density at radius 3 is 1.88 bits per heavy atom. The molecule has 0 spiro atoms. The number of benzene rings is 2. The first-order valence-corrected chi connectivity index (χ1v) is 7.73.